The molecule has 0 unspecified atom stereocenters. The van der Waals surface area contributed by atoms with Crippen molar-refractivity contribution in [3.05, 3.63) is 60.4 Å². The maximum atomic E-state index is 13.7. The fourth-order valence-corrected chi connectivity index (χ4v) is 3.72. The molecule has 0 bridgehead atoms. The second-order valence-electron chi connectivity index (χ2n) is 7.74. The van der Waals surface area contributed by atoms with Gasteiger partial charge in [-0.3, -0.25) is 14.4 Å². The highest BCUT2D eigenvalue weighted by molar-refractivity contribution is 5.92. The SMILES string of the molecule is COC(=O)CCN(CC(=O)N1CCC(C(=O)Nc2ccccc2)CC1)c1cccc(F)c1. The Hall–Kier alpha value is -3.42. The minimum absolute atomic E-state index is 0.0152. The average Bonchev–Trinajstić information content (AvgIpc) is 2.82. The molecule has 0 spiro atoms. The zero-order valence-corrected chi connectivity index (χ0v) is 18.1. The molecule has 2 aromatic carbocycles. The Morgan fingerprint density at radius 3 is 2.47 bits per heavy atom. The summed E-state index contributed by atoms with van der Waals surface area (Å²) in [4.78, 5) is 40.4. The molecule has 8 heteroatoms. The summed E-state index contributed by atoms with van der Waals surface area (Å²) in [7, 11) is 1.30. The van der Waals surface area contributed by atoms with Crippen LogP contribution in [0.2, 0.25) is 0 Å². The van der Waals surface area contributed by atoms with Crippen molar-refractivity contribution < 1.29 is 23.5 Å². The van der Waals surface area contributed by atoms with Gasteiger partial charge in [-0.05, 0) is 43.2 Å². The number of nitrogens with one attached hydrogen (secondary N) is 1. The molecule has 0 aromatic heterocycles. The number of esters is 1. The smallest absolute Gasteiger partial charge is 0.307 e. The number of benzene rings is 2. The Kier molecular flexibility index (Phi) is 8.19. The predicted molar refractivity (Wildman–Crippen MR) is 120 cm³/mol. The summed E-state index contributed by atoms with van der Waals surface area (Å²) in [5.41, 5.74) is 1.28. The minimum atomic E-state index is -0.414. The molecule has 170 valence electrons. The van der Waals surface area contributed by atoms with E-state index < -0.39 is 11.8 Å². The number of ether oxygens (including phenoxy) is 1. The predicted octanol–water partition coefficient (Wildman–Crippen LogP) is 3.07. The lowest BCUT2D eigenvalue weighted by Crippen LogP contribution is -2.46. The molecule has 2 amide bonds. The first kappa shape index (κ1) is 23.2. The standard InChI is InChI=1S/C24H28FN3O4/c1-32-23(30)12-15-28(21-9-5-6-19(25)16-21)17-22(29)27-13-10-18(11-14-27)24(31)26-20-7-3-2-4-8-20/h2-9,16,18H,10-15,17H2,1H3,(H,26,31). The van der Waals surface area contributed by atoms with E-state index in [0.29, 0.717) is 31.6 Å². The summed E-state index contributed by atoms with van der Waals surface area (Å²) in [6.07, 6.45) is 1.24. The molecule has 3 rings (SSSR count). The molecule has 1 fully saturated rings. The summed E-state index contributed by atoms with van der Waals surface area (Å²) in [5, 5.41) is 2.92. The Balaban J connectivity index is 1.56. The number of likely N-dealkylation sites (tertiary alicyclic amines) is 1. The van der Waals surface area contributed by atoms with Crippen LogP contribution >= 0.6 is 0 Å². The van der Waals surface area contributed by atoms with E-state index in [1.165, 1.54) is 19.2 Å². The third-order valence-electron chi connectivity index (χ3n) is 5.57. The Morgan fingerprint density at radius 2 is 1.81 bits per heavy atom. The number of rotatable bonds is 8. The summed E-state index contributed by atoms with van der Waals surface area (Å²) >= 11 is 0. The van der Waals surface area contributed by atoms with E-state index in [0.717, 1.165) is 5.69 Å². The van der Waals surface area contributed by atoms with Crippen molar-refractivity contribution in [3.63, 3.8) is 0 Å². The molecule has 1 saturated heterocycles. The number of methoxy groups -OCH3 is 1. The fraction of sp³-hybridized carbons (Fsp3) is 0.375. The van der Waals surface area contributed by atoms with E-state index in [4.69, 9.17) is 0 Å². The number of amides is 2. The van der Waals surface area contributed by atoms with Crippen LogP contribution in [0.4, 0.5) is 15.8 Å². The van der Waals surface area contributed by atoms with Gasteiger partial charge in [0.2, 0.25) is 11.8 Å². The van der Waals surface area contributed by atoms with Crippen molar-refractivity contribution in [3.8, 4) is 0 Å². The summed E-state index contributed by atoms with van der Waals surface area (Å²) in [6.45, 7) is 1.19. The zero-order valence-electron chi connectivity index (χ0n) is 18.1. The lowest BCUT2D eigenvalue weighted by molar-refractivity contribution is -0.140. The van der Waals surface area contributed by atoms with Gasteiger partial charge in [0.05, 0.1) is 20.1 Å². The monoisotopic (exact) mass is 441 g/mol. The van der Waals surface area contributed by atoms with Crippen LogP contribution in [0.15, 0.2) is 54.6 Å². The van der Waals surface area contributed by atoms with Crippen molar-refractivity contribution in [2.45, 2.75) is 19.3 Å². The molecule has 0 saturated carbocycles. The Morgan fingerprint density at radius 1 is 1.09 bits per heavy atom. The Labute approximate surface area is 187 Å². The zero-order chi connectivity index (χ0) is 22.9. The highest BCUT2D eigenvalue weighted by Crippen LogP contribution is 2.21. The van der Waals surface area contributed by atoms with Crippen LogP contribution in [0.3, 0.4) is 0 Å². The average molecular weight is 442 g/mol. The van der Waals surface area contributed by atoms with Gasteiger partial charge >= 0.3 is 5.97 Å². The van der Waals surface area contributed by atoms with Crippen LogP contribution in [0.1, 0.15) is 19.3 Å². The molecule has 0 radical (unpaired) electrons. The van der Waals surface area contributed by atoms with Crippen molar-refractivity contribution in [1.82, 2.24) is 4.90 Å². The Bertz CT molecular complexity index is 930. The molecule has 1 aliphatic rings. The van der Waals surface area contributed by atoms with Gasteiger partial charge in [0.1, 0.15) is 5.82 Å². The van der Waals surface area contributed by atoms with Gasteiger partial charge < -0.3 is 19.9 Å². The third kappa shape index (κ3) is 6.54. The number of nitrogens with zero attached hydrogens (tertiary/aromatic N) is 2. The molecule has 1 N–H and O–H groups in total. The molecule has 1 aliphatic heterocycles. The minimum Gasteiger partial charge on any atom is -0.469 e. The van der Waals surface area contributed by atoms with Crippen LogP contribution in [0.5, 0.6) is 0 Å². The first-order valence-electron chi connectivity index (χ1n) is 10.7. The molecule has 2 aromatic rings. The lowest BCUT2D eigenvalue weighted by atomic mass is 9.95. The van der Waals surface area contributed by atoms with E-state index in [2.05, 4.69) is 10.1 Å². The van der Waals surface area contributed by atoms with Crippen molar-refractivity contribution in [2.75, 3.05) is 43.5 Å². The molecular formula is C24H28FN3O4. The molecule has 7 nitrogen and oxygen atoms in total. The maximum Gasteiger partial charge on any atom is 0.307 e. The lowest BCUT2D eigenvalue weighted by Gasteiger charge is -2.33. The summed E-state index contributed by atoms with van der Waals surface area (Å²) in [6, 6.07) is 15.2. The van der Waals surface area contributed by atoms with E-state index in [1.807, 2.05) is 30.3 Å². The maximum absolute atomic E-state index is 13.7. The second-order valence-corrected chi connectivity index (χ2v) is 7.74. The summed E-state index contributed by atoms with van der Waals surface area (Å²) in [5.74, 6) is -1.13. The first-order valence-corrected chi connectivity index (χ1v) is 10.7. The van der Waals surface area contributed by atoms with Crippen LogP contribution in [0, 0.1) is 11.7 Å². The fourth-order valence-electron chi connectivity index (χ4n) is 3.72. The second kappa shape index (κ2) is 11.3. The van der Waals surface area contributed by atoms with Gasteiger partial charge in [-0.2, -0.15) is 0 Å². The van der Waals surface area contributed by atoms with E-state index in [1.54, 1.807) is 21.9 Å². The van der Waals surface area contributed by atoms with Gasteiger partial charge in [0.15, 0.2) is 0 Å². The molecular weight excluding hydrogens is 413 g/mol. The van der Waals surface area contributed by atoms with E-state index in [-0.39, 0.29) is 37.2 Å². The normalized spacial score (nSPS) is 14.0. The third-order valence-corrected chi connectivity index (χ3v) is 5.57. The molecule has 0 atom stereocenters. The number of halogens is 1. The number of piperidine rings is 1. The quantitative estimate of drug-likeness (QED) is 0.637. The highest BCUT2D eigenvalue weighted by Gasteiger charge is 2.28. The number of para-hydroxylation sites is 1. The number of hydrogen-bond acceptors (Lipinski definition) is 5. The van der Waals surface area contributed by atoms with Crippen molar-refractivity contribution >= 4 is 29.2 Å². The number of hydrogen-bond donors (Lipinski definition) is 1. The topological polar surface area (TPSA) is 79.0 Å². The van der Waals surface area contributed by atoms with Gasteiger partial charge in [0.25, 0.3) is 0 Å². The van der Waals surface area contributed by atoms with Crippen LogP contribution in [-0.4, -0.2) is 56.0 Å². The van der Waals surface area contributed by atoms with E-state index in [9.17, 15) is 18.8 Å². The first-order chi connectivity index (χ1) is 15.5. The molecule has 1 heterocycles. The van der Waals surface area contributed by atoms with Gasteiger partial charge in [0, 0.05) is 36.9 Å². The van der Waals surface area contributed by atoms with E-state index >= 15 is 0 Å². The number of carbonyl (C=O) groups excluding carboxylic acids is 3. The number of carbonyl (C=O) groups is 3. The van der Waals surface area contributed by atoms with Crippen molar-refractivity contribution in [2.24, 2.45) is 5.92 Å². The number of anilines is 2. The summed E-state index contributed by atoms with van der Waals surface area (Å²) < 4.78 is 18.4. The van der Waals surface area contributed by atoms with Crippen LogP contribution in [0.25, 0.3) is 0 Å². The van der Waals surface area contributed by atoms with Gasteiger partial charge in [-0.15, -0.1) is 0 Å². The van der Waals surface area contributed by atoms with Crippen LogP contribution < -0.4 is 10.2 Å². The van der Waals surface area contributed by atoms with Gasteiger partial charge in [-0.1, -0.05) is 24.3 Å². The molecule has 32 heavy (non-hydrogen) atoms. The highest BCUT2D eigenvalue weighted by atomic mass is 19.1. The molecule has 0 aliphatic carbocycles. The van der Waals surface area contributed by atoms with Crippen LogP contribution in [-0.2, 0) is 19.1 Å². The van der Waals surface area contributed by atoms with Crippen molar-refractivity contribution in [1.29, 1.82) is 0 Å². The van der Waals surface area contributed by atoms with Gasteiger partial charge in [-0.25, -0.2) is 4.39 Å². The largest absolute Gasteiger partial charge is 0.469 e.